The van der Waals surface area contributed by atoms with Gasteiger partial charge in [0.2, 0.25) is 0 Å². The minimum Gasteiger partial charge on any atom is -0.379 e. The van der Waals surface area contributed by atoms with Gasteiger partial charge in [-0.2, -0.15) is 0 Å². The highest BCUT2D eigenvalue weighted by Gasteiger charge is 2.28. The number of nitrogens with zero attached hydrogens (tertiary/aromatic N) is 2. The average molecular weight is 348 g/mol. The first kappa shape index (κ1) is 18.1. The van der Waals surface area contributed by atoms with E-state index in [4.69, 9.17) is 9.47 Å². The molecule has 1 unspecified atom stereocenters. The number of rotatable bonds is 5. The van der Waals surface area contributed by atoms with Gasteiger partial charge in [-0.05, 0) is 38.3 Å². The number of ether oxygens (including phenoxy) is 2. The van der Waals surface area contributed by atoms with E-state index in [1.54, 1.807) is 6.07 Å². The van der Waals surface area contributed by atoms with Crippen molar-refractivity contribution in [1.29, 1.82) is 0 Å². The Labute approximate surface area is 149 Å². The quantitative estimate of drug-likeness (QED) is 0.851. The Morgan fingerprint density at radius 1 is 1.28 bits per heavy atom. The molecule has 1 aromatic rings. The normalized spacial score (nSPS) is 24.7. The topological polar surface area (TPSA) is 75.7 Å². The molecule has 0 aliphatic carbocycles. The van der Waals surface area contributed by atoms with E-state index >= 15 is 0 Å². The van der Waals surface area contributed by atoms with E-state index in [0.29, 0.717) is 12.4 Å². The maximum Gasteiger partial charge on any atom is 0.320 e. The van der Waals surface area contributed by atoms with Gasteiger partial charge in [-0.25, -0.2) is 9.78 Å². The lowest BCUT2D eigenvalue weighted by molar-refractivity contribution is -0.0612. The highest BCUT2D eigenvalue weighted by atomic mass is 16.5. The summed E-state index contributed by atoms with van der Waals surface area (Å²) >= 11 is 0. The van der Waals surface area contributed by atoms with E-state index in [9.17, 15) is 4.79 Å². The van der Waals surface area contributed by atoms with Crippen LogP contribution in [0.4, 0.5) is 10.6 Å². The summed E-state index contributed by atoms with van der Waals surface area (Å²) in [5.41, 5.74) is 0.684. The minimum absolute atomic E-state index is 0.244. The first-order chi connectivity index (χ1) is 12.1. The molecule has 138 valence electrons. The number of amides is 2. The van der Waals surface area contributed by atoms with Gasteiger partial charge < -0.3 is 14.8 Å². The summed E-state index contributed by atoms with van der Waals surface area (Å²) in [5, 5.41) is 5.72. The molecule has 0 bridgehead atoms. The summed E-state index contributed by atoms with van der Waals surface area (Å²) in [6.07, 6.45) is 3.22. The monoisotopic (exact) mass is 348 g/mol. The Bertz CT molecular complexity index is 569. The number of anilines is 1. The Hall–Kier alpha value is -1.70. The van der Waals surface area contributed by atoms with Crippen molar-refractivity contribution < 1.29 is 14.3 Å². The van der Waals surface area contributed by atoms with E-state index in [0.717, 1.165) is 64.4 Å². The van der Waals surface area contributed by atoms with Crippen LogP contribution in [0.1, 0.15) is 31.9 Å². The van der Waals surface area contributed by atoms with Crippen LogP contribution < -0.4 is 10.6 Å². The van der Waals surface area contributed by atoms with Crippen molar-refractivity contribution in [2.45, 2.75) is 38.3 Å². The van der Waals surface area contributed by atoms with E-state index < -0.39 is 0 Å². The van der Waals surface area contributed by atoms with Crippen LogP contribution in [0.15, 0.2) is 18.2 Å². The summed E-state index contributed by atoms with van der Waals surface area (Å²) < 4.78 is 11.2. The first-order valence-electron chi connectivity index (χ1n) is 9.08. The van der Waals surface area contributed by atoms with Gasteiger partial charge in [-0.1, -0.05) is 6.07 Å². The van der Waals surface area contributed by atoms with E-state index in [2.05, 4.69) is 20.5 Å². The van der Waals surface area contributed by atoms with Crippen LogP contribution in [0.5, 0.6) is 0 Å². The van der Waals surface area contributed by atoms with Crippen molar-refractivity contribution in [3.05, 3.63) is 23.9 Å². The summed E-state index contributed by atoms with van der Waals surface area (Å²) in [5.74, 6) is 0.568. The van der Waals surface area contributed by atoms with Crippen LogP contribution in [-0.4, -0.2) is 61.0 Å². The molecule has 1 aromatic heterocycles. The van der Waals surface area contributed by atoms with Crippen molar-refractivity contribution in [2.75, 3.05) is 44.8 Å². The van der Waals surface area contributed by atoms with Gasteiger partial charge in [-0.3, -0.25) is 10.2 Å². The number of hydrogen-bond acceptors (Lipinski definition) is 5. The smallest absolute Gasteiger partial charge is 0.320 e. The number of carbonyl (C=O) groups is 1. The molecule has 7 heteroatoms. The van der Waals surface area contributed by atoms with Crippen molar-refractivity contribution >= 4 is 11.8 Å². The van der Waals surface area contributed by atoms with Crippen molar-refractivity contribution in [3.8, 4) is 0 Å². The standard InChI is InChI=1S/C18H28N4O3/c1-18(7-2-3-10-25-18)14-19-17(23)21-16-6-4-5-15(20-16)13-22-8-11-24-12-9-22/h4-6H,2-3,7-14H2,1H3,(H2,19,20,21,23). The number of hydrogen-bond donors (Lipinski definition) is 2. The second-order valence-electron chi connectivity index (χ2n) is 6.97. The molecule has 2 saturated heterocycles. The van der Waals surface area contributed by atoms with E-state index in [-0.39, 0.29) is 11.6 Å². The van der Waals surface area contributed by atoms with Gasteiger partial charge in [0.05, 0.1) is 24.5 Å². The molecule has 7 nitrogen and oxygen atoms in total. The van der Waals surface area contributed by atoms with Crippen LogP contribution in [-0.2, 0) is 16.0 Å². The zero-order valence-electron chi connectivity index (χ0n) is 14.9. The number of urea groups is 1. The van der Waals surface area contributed by atoms with Gasteiger partial charge in [0.1, 0.15) is 5.82 Å². The van der Waals surface area contributed by atoms with E-state index in [1.165, 1.54) is 0 Å². The van der Waals surface area contributed by atoms with Crippen LogP contribution in [0.2, 0.25) is 0 Å². The number of pyridine rings is 1. The maximum absolute atomic E-state index is 12.2. The third-order valence-electron chi connectivity index (χ3n) is 4.71. The average Bonchev–Trinajstić information content (AvgIpc) is 2.62. The van der Waals surface area contributed by atoms with Crippen LogP contribution in [0.3, 0.4) is 0 Å². The van der Waals surface area contributed by atoms with Gasteiger partial charge in [0.25, 0.3) is 0 Å². The van der Waals surface area contributed by atoms with Gasteiger partial charge in [0, 0.05) is 32.8 Å². The number of morpholine rings is 1. The van der Waals surface area contributed by atoms with Crippen molar-refractivity contribution in [2.24, 2.45) is 0 Å². The third-order valence-corrected chi connectivity index (χ3v) is 4.71. The predicted molar refractivity (Wildman–Crippen MR) is 95.6 cm³/mol. The minimum atomic E-state index is -0.263. The van der Waals surface area contributed by atoms with Crippen LogP contribution in [0.25, 0.3) is 0 Å². The largest absolute Gasteiger partial charge is 0.379 e. The van der Waals surface area contributed by atoms with Gasteiger partial charge >= 0.3 is 6.03 Å². The zero-order valence-corrected chi connectivity index (χ0v) is 14.9. The summed E-state index contributed by atoms with van der Waals surface area (Å²) in [7, 11) is 0. The van der Waals surface area contributed by atoms with Crippen molar-refractivity contribution in [3.63, 3.8) is 0 Å². The Balaban J connectivity index is 1.48. The summed E-state index contributed by atoms with van der Waals surface area (Å²) in [6.45, 7) is 7.45. The lowest BCUT2D eigenvalue weighted by Gasteiger charge is -2.33. The molecule has 2 N–H and O–H groups in total. The molecule has 0 aromatic carbocycles. The summed E-state index contributed by atoms with van der Waals surface area (Å²) in [4.78, 5) is 19.0. The molecule has 25 heavy (non-hydrogen) atoms. The molecule has 2 amide bonds. The number of nitrogens with one attached hydrogen (secondary N) is 2. The molecular weight excluding hydrogens is 320 g/mol. The molecule has 1 atom stereocenters. The number of aromatic nitrogens is 1. The molecule has 0 radical (unpaired) electrons. The third kappa shape index (κ3) is 5.66. The fourth-order valence-corrected chi connectivity index (χ4v) is 3.18. The molecule has 2 aliphatic heterocycles. The molecule has 0 saturated carbocycles. The Morgan fingerprint density at radius 3 is 2.88 bits per heavy atom. The number of carbonyl (C=O) groups excluding carboxylic acids is 1. The van der Waals surface area contributed by atoms with Gasteiger partial charge in [-0.15, -0.1) is 0 Å². The highest BCUT2D eigenvalue weighted by molar-refractivity contribution is 5.88. The molecule has 2 aliphatic rings. The lowest BCUT2D eigenvalue weighted by atomic mass is 9.96. The molecular formula is C18H28N4O3. The molecule has 0 spiro atoms. The predicted octanol–water partition coefficient (Wildman–Crippen LogP) is 1.99. The second-order valence-corrected chi connectivity index (χ2v) is 6.97. The van der Waals surface area contributed by atoms with E-state index in [1.807, 2.05) is 19.1 Å². The Morgan fingerprint density at radius 2 is 2.12 bits per heavy atom. The SMILES string of the molecule is CC1(CNC(=O)Nc2cccc(CN3CCOCC3)n2)CCCCO1. The first-order valence-corrected chi connectivity index (χ1v) is 9.08. The molecule has 3 heterocycles. The van der Waals surface area contributed by atoms with Gasteiger partial charge in [0.15, 0.2) is 0 Å². The van der Waals surface area contributed by atoms with Crippen LogP contribution >= 0.6 is 0 Å². The van der Waals surface area contributed by atoms with Crippen molar-refractivity contribution in [1.82, 2.24) is 15.2 Å². The lowest BCUT2D eigenvalue weighted by Crippen LogP contribution is -2.45. The molecule has 2 fully saturated rings. The van der Waals surface area contributed by atoms with Crippen LogP contribution in [0, 0.1) is 0 Å². The maximum atomic E-state index is 12.2. The fourth-order valence-electron chi connectivity index (χ4n) is 3.18. The molecule has 3 rings (SSSR count). The highest BCUT2D eigenvalue weighted by Crippen LogP contribution is 2.23. The summed E-state index contributed by atoms with van der Waals surface area (Å²) in [6, 6.07) is 5.46. The fraction of sp³-hybridized carbons (Fsp3) is 0.667. The zero-order chi connectivity index (χ0) is 17.5. The second kappa shape index (κ2) is 8.60. The Kier molecular flexibility index (Phi) is 6.23.